The van der Waals surface area contributed by atoms with Gasteiger partial charge in [0, 0.05) is 5.22 Å². The second-order valence-electron chi connectivity index (χ2n) is 3.59. The standard InChI is InChI=1S/C13H15N/c1-2-3-4-8-12-10-11-7-5-6-9-13(11)14-12/h5-10H,2-4H2,1H3. The quantitative estimate of drug-likeness (QED) is 0.640. The van der Waals surface area contributed by atoms with Gasteiger partial charge < -0.3 is 0 Å². The number of benzene rings is 1. The molecule has 0 saturated carbocycles. The summed E-state index contributed by atoms with van der Waals surface area (Å²) in [6.45, 7) is 2.21. The molecule has 0 fully saturated rings. The first-order valence-electron chi connectivity index (χ1n) is 5.26. The highest BCUT2D eigenvalue weighted by atomic mass is 14.7. The minimum atomic E-state index is 1.11. The fourth-order valence-corrected chi connectivity index (χ4v) is 1.60. The maximum atomic E-state index is 4.53. The predicted octanol–water partition coefficient (Wildman–Crippen LogP) is 2.17. The van der Waals surface area contributed by atoms with Crippen LogP contribution in [0.1, 0.15) is 26.2 Å². The van der Waals surface area contributed by atoms with Crippen LogP contribution in [-0.4, -0.2) is 0 Å². The fraction of sp³-hybridized carbons (Fsp3) is 0.308. The Morgan fingerprint density at radius 3 is 2.93 bits per heavy atom. The molecule has 72 valence electrons. The number of para-hydroxylation sites is 1. The largest absolute Gasteiger partial charge is 0.249 e. The second-order valence-corrected chi connectivity index (χ2v) is 3.59. The SMILES string of the molecule is CCCCC=C1C=c2ccccc2=N1. The van der Waals surface area contributed by atoms with Gasteiger partial charge in [0.05, 0.1) is 11.1 Å². The van der Waals surface area contributed by atoms with Crippen molar-refractivity contribution >= 4 is 6.08 Å². The molecule has 1 heterocycles. The molecule has 1 heteroatoms. The number of hydrogen-bond acceptors (Lipinski definition) is 1. The van der Waals surface area contributed by atoms with Crippen LogP contribution in [0.25, 0.3) is 6.08 Å². The van der Waals surface area contributed by atoms with Gasteiger partial charge in [-0.05, 0) is 25.0 Å². The summed E-state index contributed by atoms with van der Waals surface area (Å²) in [5.41, 5.74) is 1.12. The normalized spacial score (nSPS) is 16.2. The van der Waals surface area contributed by atoms with Gasteiger partial charge in [0.2, 0.25) is 0 Å². The van der Waals surface area contributed by atoms with E-state index < -0.39 is 0 Å². The van der Waals surface area contributed by atoms with Gasteiger partial charge in [-0.25, -0.2) is 4.99 Å². The third kappa shape index (κ3) is 1.92. The van der Waals surface area contributed by atoms with Crippen LogP contribution in [-0.2, 0) is 0 Å². The molecule has 0 bridgehead atoms. The topological polar surface area (TPSA) is 12.4 Å². The average Bonchev–Trinajstić information content (AvgIpc) is 2.60. The molecule has 0 spiro atoms. The van der Waals surface area contributed by atoms with E-state index in [2.05, 4.69) is 42.3 Å². The third-order valence-electron chi connectivity index (χ3n) is 2.40. The van der Waals surface area contributed by atoms with Gasteiger partial charge in [0.25, 0.3) is 0 Å². The molecule has 1 aliphatic rings. The van der Waals surface area contributed by atoms with Crippen LogP contribution in [0.3, 0.4) is 0 Å². The zero-order valence-electron chi connectivity index (χ0n) is 8.53. The van der Waals surface area contributed by atoms with Gasteiger partial charge in [-0.15, -0.1) is 0 Å². The highest BCUT2D eigenvalue weighted by Crippen LogP contribution is 2.05. The van der Waals surface area contributed by atoms with Crippen molar-refractivity contribution in [1.29, 1.82) is 0 Å². The summed E-state index contributed by atoms with van der Waals surface area (Å²) in [5.74, 6) is 0. The van der Waals surface area contributed by atoms with Gasteiger partial charge in [0.1, 0.15) is 0 Å². The number of nitrogens with zero attached hydrogens (tertiary/aromatic N) is 1. The summed E-state index contributed by atoms with van der Waals surface area (Å²) in [5, 5.41) is 2.35. The molecule has 0 radical (unpaired) electrons. The zero-order valence-corrected chi connectivity index (χ0v) is 8.53. The van der Waals surface area contributed by atoms with E-state index in [1.165, 1.54) is 18.1 Å². The zero-order chi connectivity index (χ0) is 9.80. The first-order valence-corrected chi connectivity index (χ1v) is 5.26. The molecule has 0 amide bonds. The molecule has 14 heavy (non-hydrogen) atoms. The van der Waals surface area contributed by atoms with E-state index in [4.69, 9.17) is 0 Å². The molecule has 0 N–H and O–H groups in total. The number of hydrogen-bond donors (Lipinski definition) is 0. The van der Waals surface area contributed by atoms with Crippen molar-refractivity contribution in [3.8, 4) is 0 Å². The van der Waals surface area contributed by atoms with E-state index in [1.807, 2.05) is 6.07 Å². The first kappa shape index (κ1) is 9.20. The number of rotatable bonds is 3. The summed E-state index contributed by atoms with van der Waals surface area (Å²) in [6, 6.07) is 8.26. The number of allylic oxidation sites excluding steroid dienone is 2. The molecule has 1 nitrogen and oxygen atoms in total. The lowest BCUT2D eigenvalue weighted by molar-refractivity contribution is 0.812. The van der Waals surface area contributed by atoms with Gasteiger partial charge in [-0.3, -0.25) is 0 Å². The highest BCUT2D eigenvalue weighted by Gasteiger charge is 1.97. The van der Waals surface area contributed by atoms with Crippen LogP contribution in [0.5, 0.6) is 0 Å². The maximum Gasteiger partial charge on any atom is 0.0709 e. The summed E-state index contributed by atoms with van der Waals surface area (Å²) in [7, 11) is 0. The summed E-state index contributed by atoms with van der Waals surface area (Å²) >= 11 is 0. The fourth-order valence-electron chi connectivity index (χ4n) is 1.60. The third-order valence-corrected chi connectivity index (χ3v) is 2.40. The molecule has 2 rings (SSSR count). The minimum absolute atomic E-state index is 1.11. The van der Waals surface area contributed by atoms with Gasteiger partial charge in [0.15, 0.2) is 0 Å². The Kier molecular flexibility index (Phi) is 2.78. The van der Waals surface area contributed by atoms with E-state index in [1.54, 1.807) is 0 Å². The molecule has 0 saturated heterocycles. The van der Waals surface area contributed by atoms with E-state index in [0.29, 0.717) is 0 Å². The average molecular weight is 185 g/mol. The lowest BCUT2D eigenvalue weighted by atomic mass is 10.2. The molecule has 1 aromatic carbocycles. The van der Waals surface area contributed by atoms with Crippen LogP contribution in [0, 0.1) is 0 Å². The molecule has 0 aromatic heterocycles. The van der Waals surface area contributed by atoms with Gasteiger partial charge in [-0.2, -0.15) is 0 Å². The minimum Gasteiger partial charge on any atom is -0.249 e. The maximum absolute atomic E-state index is 4.53. The lowest BCUT2D eigenvalue weighted by Crippen LogP contribution is -2.19. The Morgan fingerprint density at radius 1 is 1.29 bits per heavy atom. The van der Waals surface area contributed by atoms with E-state index in [-0.39, 0.29) is 0 Å². The molecule has 1 aliphatic heterocycles. The van der Waals surface area contributed by atoms with Gasteiger partial charge >= 0.3 is 0 Å². The van der Waals surface area contributed by atoms with Crippen LogP contribution in [0.15, 0.2) is 41.0 Å². The molecular weight excluding hydrogens is 170 g/mol. The van der Waals surface area contributed by atoms with Crippen LogP contribution in [0.2, 0.25) is 0 Å². The monoisotopic (exact) mass is 185 g/mol. The summed E-state index contributed by atoms with van der Waals surface area (Å²) < 4.78 is 0. The molecular formula is C13H15N. The van der Waals surface area contributed by atoms with Crippen molar-refractivity contribution < 1.29 is 0 Å². The van der Waals surface area contributed by atoms with Crippen molar-refractivity contribution in [2.75, 3.05) is 0 Å². The van der Waals surface area contributed by atoms with Crippen molar-refractivity contribution in [3.05, 3.63) is 46.6 Å². The Balaban J connectivity index is 2.22. The van der Waals surface area contributed by atoms with Crippen molar-refractivity contribution in [1.82, 2.24) is 0 Å². The Hall–Kier alpha value is -1.37. The van der Waals surface area contributed by atoms with E-state index >= 15 is 0 Å². The first-order chi connectivity index (χ1) is 6.90. The van der Waals surface area contributed by atoms with Crippen molar-refractivity contribution in [3.63, 3.8) is 0 Å². The Bertz CT molecular complexity index is 417. The van der Waals surface area contributed by atoms with Crippen LogP contribution < -0.4 is 10.6 Å². The number of unbranched alkanes of at least 4 members (excludes halogenated alkanes) is 2. The lowest BCUT2D eigenvalue weighted by Gasteiger charge is -1.90. The molecule has 1 aromatic rings. The summed E-state index contributed by atoms with van der Waals surface area (Å²) in [4.78, 5) is 4.53. The van der Waals surface area contributed by atoms with Crippen molar-refractivity contribution in [2.24, 2.45) is 4.99 Å². The number of fused-ring (bicyclic) bond motifs is 1. The van der Waals surface area contributed by atoms with Crippen molar-refractivity contribution in [2.45, 2.75) is 26.2 Å². The Labute approximate surface area is 84.5 Å². The second kappa shape index (κ2) is 4.23. The van der Waals surface area contributed by atoms with E-state index in [9.17, 15) is 0 Å². The molecule has 0 unspecified atom stereocenters. The predicted molar refractivity (Wildman–Crippen MR) is 59.3 cm³/mol. The van der Waals surface area contributed by atoms with Gasteiger partial charge in [-0.1, -0.05) is 37.6 Å². The summed E-state index contributed by atoms with van der Waals surface area (Å²) in [6.07, 6.45) is 8.02. The smallest absolute Gasteiger partial charge is 0.0709 e. The van der Waals surface area contributed by atoms with E-state index in [0.717, 1.165) is 17.5 Å². The van der Waals surface area contributed by atoms with Crippen LogP contribution in [0.4, 0.5) is 0 Å². The van der Waals surface area contributed by atoms with Crippen LogP contribution >= 0.6 is 0 Å². The molecule has 0 atom stereocenters. The molecule has 0 aliphatic carbocycles. The Morgan fingerprint density at radius 2 is 2.14 bits per heavy atom. The highest BCUT2D eigenvalue weighted by molar-refractivity contribution is 5.48.